The van der Waals surface area contributed by atoms with E-state index in [0.29, 0.717) is 0 Å². The summed E-state index contributed by atoms with van der Waals surface area (Å²) in [5.41, 5.74) is 8.03. The quantitative estimate of drug-likeness (QED) is 0.230. The van der Waals surface area contributed by atoms with Crippen LogP contribution >= 0.6 is 0 Å². The Labute approximate surface area is 218 Å². The molecule has 0 radical (unpaired) electrons. The zero-order valence-corrected chi connectivity index (χ0v) is 20.4. The predicted octanol–water partition coefficient (Wildman–Crippen LogP) is 9.19. The third-order valence-electron chi connectivity index (χ3n) is 7.03. The molecule has 2 aromatic heterocycles. The summed E-state index contributed by atoms with van der Waals surface area (Å²) in [4.78, 5) is 0. The Morgan fingerprint density at radius 3 is 1.13 bits per heavy atom. The van der Waals surface area contributed by atoms with Crippen LogP contribution in [-0.2, 0) is 0 Å². The lowest BCUT2D eigenvalue weighted by Crippen LogP contribution is -1.98. The van der Waals surface area contributed by atoms with Gasteiger partial charge in [0.2, 0.25) is 0 Å². The van der Waals surface area contributed by atoms with Crippen molar-refractivity contribution in [3.63, 3.8) is 0 Å². The molecule has 0 unspecified atom stereocenters. The fourth-order valence-corrected chi connectivity index (χ4v) is 5.29. The Kier molecular flexibility index (Phi) is 5.19. The van der Waals surface area contributed by atoms with Crippen LogP contribution in [-0.4, -0.2) is 9.13 Å². The maximum absolute atomic E-state index is 13.8. The van der Waals surface area contributed by atoms with E-state index in [1.165, 1.54) is 24.3 Å². The van der Waals surface area contributed by atoms with Gasteiger partial charge < -0.3 is 9.13 Å². The van der Waals surface area contributed by atoms with Crippen LogP contribution in [0.2, 0.25) is 0 Å². The molecule has 38 heavy (non-hydrogen) atoms. The Hall–Kier alpha value is -4.96. The average molecular weight is 497 g/mol. The first-order valence-electron chi connectivity index (χ1n) is 12.5. The molecule has 2 nitrogen and oxygen atoms in total. The van der Waals surface area contributed by atoms with Crippen LogP contribution in [0.1, 0.15) is 0 Å². The number of halogens is 2. The number of benzene rings is 5. The predicted molar refractivity (Wildman–Crippen MR) is 151 cm³/mol. The lowest BCUT2D eigenvalue weighted by Gasteiger charge is -2.12. The molecule has 4 heteroatoms. The molecule has 0 atom stereocenters. The number of aromatic nitrogens is 2. The van der Waals surface area contributed by atoms with Crippen molar-refractivity contribution in [2.24, 2.45) is 0 Å². The van der Waals surface area contributed by atoms with Crippen molar-refractivity contribution >= 4 is 21.8 Å². The van der Waals surface area contributed by atoms with Gasteiger partial charge in [0, 0.05) is 22.1 Å². The minimum atomic E-state index is -0.266. The summed E-state index contributed by atoms with van der Waals surface area (Å²) in [5.74, 6) is -0.532. The SMILES string of the molecule is Fc1ccc(-n2c(-c3ccccc3)cc3cc4c(cc(-c5ccccc5)n4-c4ccc(F)cc4)cc32)cc1. The van der Waals surface area contributed by atoms with Gasteiger partial charge in [-0.25, -0.2) is 8.78 Å². The van der Waals surface area contributed by atoms with Crippen molar-refractivity contribution in [2.75, 3.05) is 0 Å². The zero-order valence-electron chi connectivity index (χ0n) is 20.4. The fourth-order valence-electron chi connectivity index (χ4n) is 5.29. The highest BCUT2D eigenvalue weighted by molar-refractivity contribution is 6.02. The molecule has 2 heterocycles. The normalized spacial score (nSPS) is 11.4. The van der Waals surface area contributed by atoms with Crippen molar-refractivity contribution in [1.82, 2.24) is 9.13 Å². The van der Waals surface area contributed by atoms with Crippen LogP contribution in [0.4, 0.5) is 8.78 Å². The molecule has 182 valence electrons. The molecule has 0 fully saturated rings. The summed E-state index contributed by atoms with van der Waals surface area (Å²) < 4.78 is 32.0. The maximum atomic E-state index is 13.8. The number of rotatable bonds is 4. The van der Waals surface area contributed by atoms with Gasteiger partial charge in [-0.3, -0.25) is 0 Å². The van der Waals surface area contributed by atoms with Gasteiger partial charge in [0.05, 0.1) is 22.4 Å². The first kappa shape index (κ1) is 22.3. The second kappa shape index (κ2) is 8.86. The van der Waals surface area contributed by atoms with Gasteiger partial charge in [0.25, 0.3) is 0 Å². The van der Waals surface area contributed by atoms with E-state index in [0.717, 1.165) is 55.7 Å². The number of hydrogen-bond acceptors (Lipinski definition) is 0. The van der Waals surface area contributed by atoms with E-state index in [4.69, 9.17) is 0 Å². The number of fused-ring (bicyclic) bond motifs is 2. The average Bonchev–Trinajstić information content (AvgIpc) is 3.52. The summed E-state index contributed by atoms with van der Waals surface area (Å²) in [6.45, 7) is 0. The maximum Gasteiger partial charge on any atom is 0.123 e. The van der Waals surface area contributed by atoms with Crippen molar-refractivity contribution in [1.29, 1.82) is 0 Å². The van der Waals surface area contributed by atoms with E-state index in [9.17, 15) is 8.78 Å². The van der Waals surface area contributed by atoms with E-state index in [1.54, 1.807) is 0 Å². The summed E-state index contributed by atoms with van der Waals surface area (Å²) in [5, 5.41) is 2.11. The zero-order chi connectivity index (χ0) is 25.6. The summed E-state index contributed by atoms with van der Waals surface area (Å²) in [6, 6.07) is 42.4. The number of hydrogen-bond donors (Lipinski definition) is 0. The second-order valence-electron chi connectivity index (χ2n) is 9.38. The second-order valence-corrected chi connectivity index (χ2v) is 9.38. The minimum Gasteiger partial charge on any atom is -0.309 e. The van der Waals surface area contributed by atoms with Crippen molar-refractivity contribution in [3.8, 4) is 33.9 Å². The summed E-state index contributed by atoms with van der Waals surface area (Å²) in [7, 11) is 0. The standard InChI is InChI=1S/C34H22F2N2/c35-27-11-15-29(16-12-27)37-31(23-7-3-1-4-8-23)19-25-21-34-26(22-33(25)37)20-32(24-9-5-2-6-10-24)38(34)30-17-13-28(36)14-18-30/h1-22H. The molecule has 0 saturated heterocycles. The molecular formula is C34H22F2N2. The molecule has 0 aliphatic carbocycles. The summed E-state index contributed by atoms with van der Waals surface area (Å²) >= 11 is 0. The molecule has 0 amide bonds. The highest BCUT2D eigenvalue weighted by atomic mass is 19.1. The van der Waals surface area contributed by atoms with Crippen LogP contribution in [0, 0.1) is 11.6 Å². The van der Waals surface area contributed by atoms with Crippen LogP contribution < -0.4 is 0 Å². The van der Waals surface area contributed by atoms with Gasteiger partial charge >= 0.3 is 0 Å². The summed E-state index contributed by atoms with van der Waals surface area (Å²) in [6.07, 6.45) is 0. The lowest BCUT2D eigenvalue weighted by atomic mass is 10.1. The van der Waals surface area contributed by atoms with Gasteiger partial charge in [-0.05, 0) is 83.9 Å². The fraction of sp³-hybridized carbons (Fsp3) is 0. The molecule has 7 rings (SSSR count). The molecule has 0 aliphatic heterocycles. The molecule has 0 bridgehead atoms. The molecular weight excluding hydrogens is 474 g/mol. The van der Waals surface area contributed by atoms with Crippen LogP contribution in [0.25, 0.3) is 55.7 Å². The highest BCUT2D eigenvalue weighted by Crippen LogP contribution is 2.38. The molecule has 0 spiro atoms. The smallest absolute Gasteiger partial charge is 0.123 e. The monoisotopic (exact) mass is 496 g/mol. The first-order chi connectivity index (χ1) is 18.7. The van der Waals surface area contributed by atoms with E-state index < -0.39 is 0 Å². The van der Waals surface area contributed by atoms with Crippen LogP contribution in [0.3, 0.4) is 0 Å². The molecule has 0 saturated carbocycles. The van der Waals surface area contributed by atoms with Crippen molar-refractivity contribution in [3.05, 3.63) is 145 Å². The Bertz CT molecular complexity index is 1760. The third-order valence-corrected chi connectivity index (χ3v) is 7.03. The van der Waals surface area contributed by atoms with Gasteiger partial charge in [0.1, 0.15) is 11.6 Å². The van der Waals surface area contributed by atoms with E-state index >= 15 is 0 Å². The van der Waals surface area contributed by atoms with Gasteiger partial charge in [-0.1, -0.05) is 60.7 Å². The van der Waals surface area contributed by atoms with Crippen LogP contribution in [0.5, 0.6) is 0 Å². The first-order valence-corrected chi connectivity index (χ1v) is 12.5. The van der Waals surface area contributed by atoms with E-state index in [-0.39, 0.29) is 11.6 Å². The molecule has 5 aromatic carbocycles. The van der Waals surface area contributed by atoms with Gasteiger partial charge in [-0.15, -0.1) is 0 Å². The van der Waals surface area contributed by atoms with Gasteiger partial charge in [-0.2, -0.15) is 0 Å². The van der Waals surface area contributed by atoms with Crippen LogP contribution in [0.15, 0.2) is 133 Å². The lowest BCUT2D eigenvalue weighted by molar-refractivity contribution is 0.627. The van der Waals surface area contributed by atoms with Crippen molar-refractivity contribution in [2.45, 2.75) is 0 Å². The Balaban J connectivity index is 1.55. The van der Waals surface area contributed by atoms with E-state index in [2.05, 4.69) is 57.7 Å². The molecule has 0 N–H and O–H groups in total. The molecule has 7 aromatic rings. The van der Waals surface area contributed by atoms with Crippen molar-refractivity contribution < 1.29 is 8.78 Å². The largest absolute Gasteiger partial charge is 0.309 e. The van der Waals surface area contributed by atoms with Gasteiger partial charge in [0.15, 0.2) is 0 Å². The third kappa shape index (κ3) is 3.70. The molecule has 0 aliphatic rings. The Morgan fingerprint density at radius 1 is 0.395 bits per heavy atom. The topological polar surface area (TPSA) is 9.86 Å². The van der Waals surface area contributed by atoms with E-state index in [1.807, 2.05) is 60.7 Å². The minimum absolute atomic E-state index is 0.266. The highest BCUT2D eigenvalue weighted by Gasteiger charge is 2.18. The number of nitrogens with zero attached hydrogens (tertiary/aromatic N) is 2. The Morgan fingerprint density at radius 2 is 0.763 bits per heavy atom.